The highest BCUT2D eigenvalue weighted by atomic mass is 16.6. The summed E-state index contributed by atoms with van der Waals surface area (Å²) in [7, 11) is 3.12. The minimum absolute atomic E-state index is 0.0837. The summed E-state index contributed by atoms with van der Waals surface area (Å²) in [5.41, 5.74) is 2.42. The number of benzene rings is 3. The van der Waals surface area contributed by atoms with Crippen LogP contribution in [0, 0.1) is 10.1 Å². The third kappa shape index (κ3) is 4.68. The maximum atomic E-state index is 13.3. The van der Waals surface area contributed by atoms with Crippen molar-refractivity contribution >= 4 is 34.0 Å². The van der Waals surface area contributed by atoms with E-state index in [1.807, 2.05) is 24.4 Å². The summed E-state index contributed by atoms with van der Waals surface area (Å²) in [5.74, 6) is -0.670. The second kappa shape index (κ2) is 10.3. The molecule has 4 aromatic rings. The molecule has 39 heavy (non-hydrogen) atoms. The normalized spacial score (nSPS) is 16.6. The van der Waals surface area contributed by atoms with Crippen molar-refractivity contribution in [2.45, 2.75) is 12.5 Å². The van der Waals surface area contributed by atoms with Crippen LogP contribution in [-0.2, 0) is 16.0 Å². The van der Waals surface area contributed by atoms with Crippen LogP contribution in [0.5, 0.6) is 11.5 Å². The van der Waals surface area contributed by atoms with Crippen molar-refractivity contribution in [3.05, 3.63) is 105 Å². The third-order valence-corrected chi connectivity index (χ3v) is 6.92. The number of aliphatic hydroxyl groups is 1. The lowest BCUT2D eigenvalue weighted by atomic mass is 9.95. The van der Waals surface area contributed by atoms with Gasteiger partial charge in [0.25, 0.3) is 17.4 Å². The highest BCUT2D eigenvalue weighted by Gasteiger charge is 2.46. The molecule has 1 unspecified atom stereocenters. The van der Waals surface area contributed by atoms with Gasteiger partial charge < -0.3 is 24.5 Å². The van der Waals surface area contributed by atoms with Gasteiger partial charge >= 0.3 is 0 Å². The number of nitrogens with one attached hydrogen (secondary N) is 1. The molecule has 198 valence electrons. The van der Waals surface area contributed by atoms with Gasteiger partial charge in [-0.1, -0.05) is 12.1 Å². The standard InChI is InChI=1S/C29H25N3O7/c1-38-21-9-5-17(6-10-21)26-25(27(33)18-3-7-20(8-4-18)32(36)37)28(34)29(35)31(26)14-13-19-16-30-24-12-11-22(39-2)15-23(19)24/h3-12,15-16,26,30,33H,13-14H2,1-2H3/b27-25-. The van der Waals surface area contributed by atoms with Gasteiger partial charge in [0.05, 0.1) is 30.8 Å². The summed E-state index contributed by atoms with van der Waals surface area (Å²) in [4.78, 5) is 41.8. The van der Waals surface area contributed by atoms with E-state index >= 15 is 0 Å². The second-order valence-corrected chi connectivity index (χ2v) is 9.05. The molecule has 0 spiro atoms. The lowest BCUT2D eigenvalue weighted by Gasteiger charge is -2.25. The summed E-state index contributed by atoms with van der Waals surface area (Å²) in [6, 6.07) is 16.9. The molecule has 10 nitrogen and oxygen atoms in total. The molecule has 1 saturated heterocycles. The molecule has 1 aliphatic rings. The number of aromatic amines is 1. The average Bonchev–Trinajstić information content (AvgIpc) is 3.48. The molecule has 1 fully saturated rings. The molecule has 1 amide bonds. The molecule has 2 heterocycles. The molecule has 10 heteroatoms. The summed E-state index contributed by atoms with van der Waals surface area (Å²) in [6.07, 6.45) is 2.30. The van der Waals surface area contributed by atoms with E-state index in [4.69, 9.17) is 9.47 Å². The van der Waals surface area contributed by atoms with Gasteiger partial charge in [-0.3, -0.25) is 19.7 Å². The SMILES string of the molecule is COc1ccc(C2/C(=C(/O)c3ccc([N+](=O)[O-])cc3)C(=O)C(=O)N2CCc2c[nH]c3ccc(OC)cc23)cc1. The Kier molecular flexibility index (Phi) is 6.76. The second-order valence-electron chi connectivity index (χ2n) is 9.05. The number of aliphatic hydroxyl groups excluding tert-OH is 1. The van der Waals surface area contributed by atoms with Crippen molar-refractivity contribution in [3.63, 3.8) is 0 Å². The van der Waals surface area contributed by atoms with Crippen LogP contribution in [0.2, 0.25) is 0 Å². The molecular formula is C29H25N3O7. The summed E-state index contributed by atoms with van der Waals surface area (Å²) >= 11 is 0. The Balaban J connectivity index is 1.55. The number of ether oxygens (including phenoxy) is 2. The van der Waals surface area contributed by atoms with E-state index in [0.717, 1.165) is 16.5 Å². The molecular weight excluding hydrogens is 502 g/mol. The highest BCUT2D eigenvalue weighted by molar-refractivity contribution is 6.46. The summed E-state index contributed by atoms with van der Waals surface area (Å²) in [6.45, 7) is 0.197. The Morgan fingerprint density at radius 3 is 2.31 bits per heavy atom. The lowest BCUT2D eigenvalue weighted by molar-refractivity contribution is -0.384. The van der Waals surface area contributed by atoms with Crippen molar-refractivity contribution in [1.29, 1.82) is 0 Å². The van der Waals surface area contributed by atoms with Crippen molar-refractivity contribution < 1.29 is 29.1 Å². The number of nitrogens with zero attached hydrogens (tertiary/aromatic N) is 2. The van der Waals surface area contributed by atoms with Gasteiger partial charge in [0.2, 0.25) is 0 Å². The van der Waals surface area contributed by atoms with Crippen molar-refractivity contribution in [1.82, 2.24) is 9.88 Å². The van der Waals surface area contributed by atoms with E-state index in [0.29, 0.717) is 23.5 Å². The summed E-state index contributed by atoms with van der Waals surface area (Å²) < 4.78 is 10.6. The topological polar surface area (TPSA) is 135 Å². The zero-order valence-electron chi connectivity index (χ0n) is 21.2. The monoisotopic (exact) mass is 527 g/mol. The number of nitro benzene ring substituents is 1. The first-order valence-corrected chi connectivity index (χ1v) is 12.1. The molecule has 5 rings (SSSR count). The van der Waals surface area contributed by atoms with Crippen LogP contribution in [0.15, 0.2) is 78.5 Å². The first-order chi connectivity index (χ1) is 18.8. The van der Waals surface area contributed by atoms with Crippen LogP contribution < -0.4 is 9.47 Å². The van der Waals surface area contributed by atoms with Crippen LogP contribution in [0.25, 0.3) is 16.7 Å². The number of likely N-dealkylation sites (tertiary alicyclic amines) is 1. The van der Waals surface area contributed by atoms with Crippen LogP contribution in [0.3, 0.4) is 0 Å². The molecule has 1 aromatic heterocycles. The first kappa shape index (κ1) is 25.5. The van der Waals surface area contributed by atoms with E-state index in [-0.39, 0.29) is 23.4 Å². The number of aromatic nitrogens is 1. The van der Waals surface area contributed by atoms with Crippen LogP contribution >= 0.6 is 0 Å². The summed E-state index contributed by atoms with van der Waals surface area (Å²) in [5, 5.41) is 23.2. The van der Waals surface area contributed by atoms with E-state index in [1.165, 1.54) is 36.3 Å². The Morgan fingerprint density at radius 2 is 1.67 bits per heavy atom. The Hall–Kier alpha value is -5.12. The zero-order valence-corrected chi connectivity index (χ0v) is 21.2. The number of ketones is 1. The predicted octanol–water partition coefficient (Wildman–Crippen LogP) is 4.76. The molecule has 0 saturated carbocycles. The third-order valence-electron chi connectivity index (χ3n) is 6.92. The fourth-order valence-electron chi connectivity index (χ4n) is 4.87. The molecule has 0 bridgehead atoms. The van der Waals surface area contributed by atoms with Crippen LogP contribution in [0.4, 0.5) is 5.69 Å². The van der Waals surface area contributed by atoms with Crippen molar-refractivity contribution in [2.75, 3.05) is 20.8 Å². The molecule has 0 radical (unpaired) electrons. The van der Waals surface area contributed by atoms with Gasteiger partial charge in [-0.2, -0.15) is 0 Å². The van der Waals surface area contributed by atoms with Gasteiger partial charge in [-0.15, -0.1) is 0 Å². The number of nitro groups is 1. The van der Waals surface area contributed by atoms with Gasteiger partial charge in [-0.25, -0.2) is 0 Å². The van der Waals surface area contributed by atoms with Gasteiger partial charge in [0, 0.05) is 41.3 Å². The minimum Gasteiger partial charge on any atom is -0.507 e. The first-order valence-electron chi connectivity index (χ1n) is 12.1. The number of rotatable bonds is 8. The molecule has 2 N–H and O–H groups in total. The number of fused-ring (bicyclic) bond motifs is 1. The largest absolute Gasteiger partial charge is 0.507 e. The number of methoxy groups -OCH3 is 2. The number of hydrogen-bond acceptors (Lipinski definition) is 7. The van der Waals surface area contributed by atoms with Gasteiger partial charge in [0.1, 0.15) is 17.3 Å². The molecule has 3 aromatic carbocycles. The van der Waals surface area contributed by atoms with Crippen molar-refractivity contribution in [3.8, 4) is 11.5 Å². The predicted molar refractivity (Wildman–Crippen MR) is 144 cm³/mol. The van der Waals surface area contributed by atoms with Crippen molar-refractivity contribution in [2.24, 2.45) is 0 Å². The fourth-order valence-corrected chi connectivity index (χ4v) is 4.87. The minimum atomic E-state index is -0.870. The number of hydrogen-bond donors (Lipinski definition) is 2. The Bertz CT molecular complexity index is 1600. The van der Waals surface area contributed by atoms with E-state index in [9.17, 15) is 24.8 Å². The number of carbonyl (C=O) groups excluding carboxylic acids is 2. The Morgan fingerprint density at radius 1 is 1.00 bits per heavy atom. The maximum absolute atomic E-state index is 13.3. The van der Waals surface area contributed by atoms with E-state index in [1.54, 1.807) is 31.4 Å². The van der Waals surface area contributed by atoms with E-state index in [2.05, 4.69) is 4.98 Å². The number of Topliss-reactive ketones (excluding diaryl/α,β-unsaturated/α-hetero) is 1. The number of non-ortho nitro benzene ring substituents is 1. The maximum Gasteiger partial charge on any atom is 0.295 e. The molecule has 0 aliphatic carbocycles. The van der Waals surface area contributed by atoms with E-state index < -0.39 is 28.4 Å². The zero-order chi connectivity index (χ0) is 27.7. The van der Waals surface area contributed by atoms with Crippen LogP contribution in [-0.4, -0.2) is 52.4 Å². The highest BCUT2D eigenvalue weighted by Crippen LogP contribution is 2.40. The smallest absolute Gasteiger partial charge is 0.295 e. The number of amides is 1. The van der Waals surface area contributed by atoms with Gasteiger partial charge in [-0.05, 0) is 60.0 Å². The average molecular weight is 528 g/mol. The number of carbonyl (C=O) groups is 2. The number of H-pyrrole nitrogens is 1. The fraction of sp³-hybridized carbons (Fsp3) is 0.172. The molecule has 1 atom stereocenters. The quantitative estimate of drug-likeness (QED) is 0.111. The lowest BCUT2D eigenvalue weighted by Crippen LogP contribution is -2.31. The van der Waals surface area contributed by atoms with Crippen LogP contribution in [0.1, 0.15) is 22.7 Å². The van der Waals surface area contributed by atoms with Gasteiger partial charge in [0.15, 0.2) is 0 Å². The Labute approximate surface area is 223 Å². The molecule has 1 aliphatic heterocycles.